The van der Waals surface area contributed by atoms with Crippen molar-refractivity contribution < 1.29 is 4.79 Å². The van der Waals surface area contributed by atoms with Crippen LogP contribution >= 0.6 is 46.4 Å². The van der Waals surface area contributed by atoms with Crippen molar-refractivity contribution in [1.29, 1.82) is 0 Å². The van der Waals surface area contributed by atoms with Gasteiger partial charge in [-0.2, -0.15) is 0 Å². The lowest BCUT2D eigenvalue weighted by molar-refractivity contribution is -0.111. The van der Waals surface area contributed by atoms with Crippen LogP contribution in [0, 0.1) is 0 Å². The number of amides is 1. The maximum absolute atomic E-state index is 11.9. The molecule has 2 aromatic rings. The number of hydrogen-bond donors (Lipinski definition) is 1. The van der Waals surface area contributed by atoms with E-state index in [9.17, 15) is 4.79 Å². The molecular formula is C15H9Cl4NO. The van der Waals surface area contributed by atoms with Gasteiger partial charge in [-0.25, -0.2) is 0 Å². The third-order valence-electron chi connectivity index (χ3n) is 2.54. The number of hydrogen-bond acceptors (Lipinski definition) is 1. The van der Waals surface area contributed by atoms with Crippen LogP contribution < -0.4 is 5.32 Å². The number of carbonyl (C=O) groups is 1. The van der Waals surface area contributed by atoms with E-state index < -0.39 is 0 Å². The maximum Gasteiger partial charge on any atom is 0.248 e. The van der Waals surface area contributed by atoms with Crippen molar-refractivity contribution in [3.63, 3.8) is 0 Å². The molecule has 0 unspecified atom stereocenters. The van der Waals surface area contributed by atoms with E-state index in [1.165, 1.54) is 18.2 Å². The molecule has 2 rings (SSSR count). The SMILES string of the molecule is O=C(/C=C/c1cccc(Cl)c1)Nc1cc(Cl)c(Cl)cc1Cl. The van der Waals surface area contributed by atoms with Crippen molar-refractivity contribution in [1.82, 2.24) is 0 Å². The predicted molar refractivity (Wildman–Crippen MR) is 90.6 cm³/mol. The number of benzene rings is 2. The van der Waals surface area contributed by atoms with E-state index in [0.29, 0.717) is 25.8 Å². The van der Waals surface area contributed by atoms with Crippen molar-refractivity contribution in [3.05, 3.63) is 68.1 Å². The molecule has 0 radical (unpaired) electrons. The number of nitrogens with one attached hydrogen (secondary N) is 1. The fourth-order valence-electron chi connectivity index (χ4n) is 1.57. The van der Waals surface area contributed by atoms with Gasteiger partial charge in [-0.05, 0) is 35.9 Å². The molecule has 0 bridgehead atoms. The van der Waals surface area contributed by atoms with Crippen LogP contribution in [0.1, 0.15) is 5.56 Å². The summed E-state index contributed by atoms with van der Waals surface area (Å²) >= 11 is 23.6. The summed E-state index contributed by atoms with van der Waals surface area (Å²) in [5.41, 5.74) is 1.21. The lowest BCUT2D eigenvalue weighted by atomic mass is 10.2. The van der Waals surface area contributed by atoms with Crippen molar-refractivity contribution in [2.24, 2.45) is 0 Å². The highest BCUT2D eigenvalue weighted by molar-refractivity contribution is 6.44. The number of carbonyl (C=O) groups excluding carboxylic acids is 1. The highest BCUT2D eigenvalue weighted by atomic mass is 35.5. The standard InChI is InChI=1S/C15H9Cl4NO/c16-10-3-1-2-9(6-10)4-5-15(21)20-14-8-12(18)11(17)7-13(14)19/h1-8H,(H,20,21)/b5-4+. The van der Waals surface area contributed by atoms with Gasteiger partial charge in [0.25, 0.3) is 0 Å². The fourth-order valence-corrected chi connectivity index (χ4v) is 2.37. The Morgan fingerprint density at radius 2 is 1.67 bits per heavy atom. The van der Waals surface area contributed by atoms with Crippen molar-refractivity contribution in [3.8, 4) is 0 Å². The molecule has 1 N–H and O–H groups in total. The Hall–Kier alpha value is -1.19. The second-order valence-electron chi connectivity index (χ2n) is 4.12. The summed E-state index contributed by atoms with van der Waals surface area (Å²) in [5.74, 6) is -0.338. The first-order valence-electron chi connectivity index (χ1n) is 5.85. The molecule has 0 aliphatic carbocycles. The molecule has 0 aliphatic rings. The molecule has 108 valence electrons. The van der Waals surface area contributed by atoms with Crippen LogP contribution in [-0.4, -0.2) is 5.91 Å². The quantitative estimate of drug-likeness (QED) is 0.531. The Labute approximate surface area is 142 Å². The number of rotatable bonds is 3. The van der Waals surface area contributed by atoms with Crippen LogP contribution in [0.2, 0.25) is 20.1 Å². The predicted octanol–water partition coefficient (Wildman–Crippen LogP) is 5.95. The van der Waals surface area contributed by atoms with Gasteiger partial charge in [0, 0.05) is 11.1 Å². The van der Waals surface area contributed by atoms with E-state index in [1.54, 1.807) is 24.3 Å². The van der Waals surface area contributed by atoms with Gasteiger partial charge in [0.1, 0.15) is 0 Å². The van der Waals surface area contributed by atoms with Crippen molar-refractivity contribution in [2.75, 3.05) is 5.32 Å². The second-order valence-corrected chi connectivity index (χ2v) is 5.78. The summed E-state index contributed by atoms with van der Waals surface area (Å²) in [5, 5.41) is 4.19. The largest absolute Gasteiger partial charge is 0.321 e. The minimum absolute atomic E-state index is 0.314. The zero-order chi connectivity index (χ0) is 15.4. The minimum atomic E-state index is -0.338. The zero-order valence-corrected chi connectivity index (χ0v) is 13.6. The lowest BCUT2D eigenvalue weighted by Gasteiger charge is -2.06. The topological polar surface area (TPSA) is 29.1 Å². The molecule has 0 saturated heterocycles. The van der Waals surface area contributed by atoms with Gasteiger partial charge >= 0.3 is 0 Å². The molecule has 0 heterocycles. The Morgan fingerprint density at radius 3 is 2.38 bits per heavy atom. The van der Waals surface area contributed by atoms with E-state index in [0.717, 1.165) is 5.56 Å². The summed E-state index contributed by atoms with van der Waals surface area (Å²) in [6.45, 7) is 0. The van der Waals surface area contributed by atoms with Gasteiger partial charge in [-0.15, -0.1) is 0 Å². The van der Waals surface area contributed by atoms with Gasteiger partial charge in [0.05, 0.1) is 20.8 Å². The van der Waals surface area contributed by atoms with Crippen LogP contribution in [0.4, 0.5) is 5.69 Å². The molecular weight excluding hydrogens is 352 g/mol. The van der Waals surface area contributed by atoms with Gasteiger partial charge in [-0.3, -0.25) is 4.79 Å². The second kappa shape index (κ2) is 7.19. The van der Waals surface area contributed by atoms with Crippen LogP contribution in [0.15, 0.2) is 42.5 Å². The third-order valence-corrected chi connectivity index (χ3v) is 3.81. The summed E-state index contributed by atoms with van der Waals surface area (Å²) in [4.78, 5) is 11.9. The average Bonchev–Trinajstić information content (AvgIpc) is 2.43. The Kier molecular flexibility index (Phi) is 5.54. The Balaban J connectivity index is 2.10. The minimum Gasteiger partial charge on any atom is -0.321 e. The van der Waals surface area contributed by atoms with Crippen molar-refractivity contribution in [2.45, 2.75) is 0 Å². The molecule has 21 heavy (non-hydrogen) atoms. The van der Waals surface area contributed by atoms with Gasteiger partial charge in [0.15, 0.2) is 0 Å². The molecule has 0 aliphatic heterocycles. The van der Waals surface area contributed by atoms with E-state index in [4.69, 9.17) is 46.4 Å². The van der Waals surface area contributed by atoms with E-state index in [2.05, 4.69) is 5.32 Å². The highest BCUT2D eigenvalue weighted by Crippen LogP contribution is 2.32. The summed E-state index contributed by atoms with van der Waals surface area (Å²) in [6, 6.07) is 10.1. The molecule has 0 spiro atoms. The zero-order valence-electron chi connectivity index (χ0n) is 10.5. The molecule has 2 nitrogen and oxygen atoms in total. The fraction of sp³-hybridized carbons (Fsp3) is 0. The van der Waals surface area contributed by atoms with Gasteiger partial charge < -0.3 is 5.32 Å². The number of halogens is 4. The van der Waals surface area contributed by atoms with Crippen LogP contribution in [0.5, 0.6) is 0 Å². The molecule has 0 saturated carbocycles. The lowest BCUT2D eigenvalue weighted by Crippen LogP contribution is -2.08. The summed E-state index contributed by atoms with van der Waals surface area (Å²) < 4.78 is 0. The highest BCUT2D eigenvalue weighted by Gasteiger charge is 2.07. The Bertz CT molecular complexity index is 713. The Morgan fingerprint density at radius 1 is 0.952 bits per heavy atom. The average molecular weight is 361 g/mol. The molecule has 0 atom stereocenters. The van der Waals surface area contributed by atoms with E-state index in [-0.39, 0.29) is 5.91 Å². The molecule has 1 amide bonds. The number of anilines is 1. The van der Waals surface area contributed by atoms with Gasteiger partial charge in [-0.1, -0.05) is 58.5 Å². The van der Waals surface area contributed by atoms with Crippen LogP contribution in [-0.2, 0) is 4.79 Å². The van der Waals surface area contributed by atoms with Crippen LogP contribution in [0.25, 0.3) is 6.08 Å². The first-order chi connectivity index (χ1) is 9.95. The maximum atomic E-state index is 11.9. The van der Waals surface area contributed by atoms with E-state index in [1.807, 2.05) is 6.07 Å². The normalized spacial score (nSPS) is 10.9. The monoisotopic (exact) mass is 359 g/mol. The third kappa shape index (κ3) is 4.65. The smallest absolute Gasteiger partial charge is 0.248 e. The molecule has 2 aromatic carbocycles. The first-order valence-corrected chi connectivity index (χ1v) is 7.36. The molecule has 6 heteroatoms. The van der Waals surface area contributed by atoms with E-state index >= 15 is 0 Å². The van der Waals surface area contributed by atoms with Gasteiger partial charge in [0.2, 0.25) is 5.91 Å². The molecule has 0 aromatic heterocycles. The summed E-state index contributed by atoms with van der Waals surface area (Å²) in [6.07, 6.45) is 3.02. The van der Waals surface area contributed by atoms with Crippen molar-refractivity contribution >= 4 is 64.1 Å². The molecule has 0 fully saturated rings. The van der Waals surface area contributed by atoms with Crippen LogP contribution in [0.3, 0.4) is 0 Å². The first kappa shape index (κ1) is 16.2. The summed E-state index contributed by atoms with van der Waals surface area (Å²) in [7, 11) is 0.